The van der Waals surface area contributed by atoms with Crippen LogP contribution in [0.15, 0.2) is 17.5 Å². The molecule has 1 fully saturated rings. The van der Waals surface area contributed by atoms with E-state index >= 15 is 0 Å². The van der Waals surface area contributed by atoms with Crippen LogP contribution in [0.5, 0.6) is 0 Å². The minimum atomic E-state index is -0.167. The molecule has 0 aromatic carbocycles. The Hall–Kier alpha value is -0.340. The molecule has 1 aliphatic rings. The Bertz CT molecular complexity index is 201. The Balaban J connectivity index is 2.11. The number of rotatable bonds is 2. The van der Waals surface area contributed by atoms with Gasteiger partial charge >= 0.3 is 0 Å². The maximum Gasteiger partial charge on any atom is 0.0909 e. The molecule has 1 N–H and O–H groups in total. The van der Waals surface area contributed by atoms with E-state index in [1.165, 1.54) is 12.8 Å². The Morgan fingerprint density at radius 2 is 2.40 bits per heavy atom. The van der Waals surface area contributed by atoms with Crippen LogP contribution < -0.4 is 0 Å². The molecule has 1 saturated carbocycles. The lowest BCUT2D eigenvalue weighted by atomic mass is 10.2. The van der Waals surface area contributed by atoms with E-state index < -0.39 is 0 Å². The fourth-order valence-corrected chi connectivity index (χ4v) is 1.91. The zero-order valence-corrected chi connectivity index (χ0v) is 6.47. The van der Waals surface area contributed by atoms with Gasteiger partial charge in [0.15, 0.2) is 0 Å². The Morgan fingerprint density at radius 3 is 2.90 bits per heavy atom. The van der Waals surface area contributed by atoms with Gasteiger partial charge in [-0.15, -0.1) is 11.3 Å². The standard InChI is InChI=1S/C8H10OS/c9-8(6-3-4-6)7-2-1-5-10-7/h1-2,5-6,8-9H,3-4H2/t8-/m0/s1. The summed E-state index contributed by atoms with van der Waals surface area (Å²) in [6.07, 6.45) is 2.25. The van der Waals surface area contributed by atoms with Crippen molar-refractivity contribution < 1.29 is 5.11 Å². The van der Waals surface area contributed by atoms with Crippen molar-refractivity contribution in [2.24, 2.45) is 5.92 Å². The van der Waals surface area contributed by atoms with E-state index in [-0.39, 0.29) is 6.10 Å². The molecule has 1 atom stereocenters. The van der Waals surface area contributed by atoms with Crippen LogP contribution in [0.2, 0.25) is 0 Å². The Morgan fingerprint density at radius 1 is 1.60 bits per heavy atom. The first-order valence-electron chi connectivity index (χ1n) is 3.59. The van der Waals surface area contributed by atoms with Crippen molar-refractivity contribution in [3.05, 3.63) is 22.4 Å². The molecule has 1 heterocycles. The van der Waals surface area contributed by atoms with Crippen molar-refractivity contribution in [1.29, 1.82) is 0 Å². The summed E-state index contributed by atoms with van der Waals surface area (Å²) in [5, 5.41) is 11.6. The monoisotopic (exact) mass is 154 g/mol. The molecule has 0 spiro atoms. The third kappa shape index (κ3) is 1.09. The van der Waals surface area contributed by atoms with Gasteiger partial charge in [0, 0.05) is 4.88 Å². The summed E-state index contributed by atoms with van der Waals surface area (Å²) in [5.74, 6) is 0.568. The van der Waals surface area contributed by atoms with Crippen LogP contribution in [0.25, 0.3) is 0 Å². The molecular weight excluding hydrogens is 144 g/mol. The maximum absolute atomic E-state index is 9.56. The summed E-state index contributed by atoms with van der Waals surface area (Å²) in [4.78, 5) is 1.13. The van der Waals surface area contributed by atoms with Gasteiger partial charge in [-0.05, 0) is 30.2 Å². The highest BCUT2D eigenvalue weighted by Crippen LogP contribution is 2.41. The average Bonchev–Trinajstić information content (AvgIpc) is 2.65. The molecule has 0 amide bonds. The highest BCUT2D eigenvalue weighted by Gasteiger charge is 2.30. The van der Waals surface area contributed by atoms with E-state index in [1.807, 2.05) is 17.5 Å². The van der Waals surface area contributed by atoms with Crippen molar-refractivity contribution in [2.45, 2.75) is 18.9 Å². The first-order chi connectivity index (χ1) is 4.88. The summed E-state index contributed by atoms with van der Waals surface area (Å²) >= 11 is 1.65. The molecule has 2 heteroatoms. The fraction of sp³-hybridized carbons (Fsp3) is 0.500. The van der Waals surface area contributed by atoms with Crippen LogP contribution in [0, 0.1) is 5.92 Å². The van der Waals surface area contributed by atoms with E-state index in [1.54, 1.807) is 11.3 Å². The smallest absolute Gasteiger partial charge is 0.0909 e. The van der Waals surface area contributed by atoms with Crippen molar-refractivity contribution in [1.82, 2.24) is 0 Å². The van der Waals surface area contributed by atoms with Gasteiger partial charge in [0.2, 0.25) is 0 Å². The number of hydrogen-bond donors (Lipinski definition) is 1. The lowest BCUT2D eigenvalue weighted by Crippen LogP contribution is -1.95. The van der Waals surface area contributed by atoms with Crippen LogP contribution in [0.3, 0.4) is 0 Å². The molecule has 2 rings (SSSR count). The van der Waals surface area contributed by atoms with Gasteiger partial charge in [0.1, 0.15) is 0 Å². The van der Waals surface area contributed by atoms with E-state index in [0.717, 1.165) is 4.88 Å². The lowest BCUT2D eigenvalue weighted by molar-refractivity contribution is 0.157. The Labute approximate surface area is 64.3 Å². The van der Waals surface area contributed by atoms with E-state index in [9.17, 15) is 5.11 Å². The van der Waals surface area contributed by atoms with Gasteiger partial charge in [-0.25, -0.2) is 0 Å². The van der Waals surface area contributed by atoms with Crippen LogP contribution in [-0.2, 0) is 0 Å². The highest BCUT2D eigenvalue weighted by atomic mass is 32.1. The summed E-state index contributed by atoms with van der Waals surface area (Å²) < 4.78 is 0. The summed E-state index contributed by atoms with van der Waals surface area (Å²) in [6, 6.07) is 4.00. The normalized spacial score (nSPS) is 20.9. The number of aliphatic hydroxyl groups is 1. The van der Waals surface area contributed by atoms with Gasteiger partial charge in [-0.1, -0.05) is 6.07 Å². The first kappa shape index (κ1) is 6.38. The van der Waals surface area contributed by atoms with Crippen LogP contribution in [0.1, 0.15) is 23.8 Å². The molecule has 10 heavy (non-hydrogen) atoms. The van der Waals surface area contributed by atoms with Crippen molar-refractivity contribution in [3.8, 4) is 0 Å². The third-order valence-corrected chi connectivity index (χ3v) is 2.85. The minimum absolute atomic E-state index is 0.167. The average molecular weight is 154 g/mol. The van der Waals surface area contributed by atoms with Crippen molar-refractivity contribution >= 4 is 11.3 Å². The molecule has 54 valence electrons. The zero-order chi connectivity index (χ0) is 6.97. The summed E-state index contributed by atoms with van der Waals surface area (Å²) in [5.41, 5.74) is 0. The zero-order valence-electron chi connectivity index (χ0n) is 5.66. The summed E-state index contributed by atoms with van der Waals surface area (Å²) in [6.45, 7) is 0. The summed E-state index contributed by atoms with van der Waals surface area (Å²) in [7, 11) is 0. The predicted molar refractivity (Wildman–Crippen MR) is 42.0 cm³/mol. The Kier molecular flexibility index (Phi) is 1.51. The van der Waals surface area contributed by atoms with Gasteiger partial charge in [-0.2, -0.15) is 0 Å². The minimum Gasteiger partial charge on any atom is -0.387 e. The second kappa shape index (κ2) is 2.36. The molecule has 0 aliphatic heterocycles. The van der Waals surface area contributed by atoms with E-state index in [0.29, 0.717) is 5.92 Å². The van der Waals surface area contributed by atoms with E-state index in [4.69, 9.17) is 0 Å². The maximum atomic E-state index is 9.56. The van der Waals surface area contributed by atoms with Gasteiger partial charge in [0.25, 0.3) is 0 Å². The predicted octanol–water partition coefficient (Wildman–Crippen LogP) is 2.19. The van der Waals surface area contributed by atoms with E-state index in [2.05, 4.69) is 0 Å². The SMILES string of the molecule is O[C@H](c1cccs1)C1CC1. The molecule has 1 aromatic heterocycles. The number of aliphatic hydroxyl groups excluding tert-OH is 1. The second-order valence-electron chi connectivity index (χ2n) is 2.80. The van der Waals surface area contributed by atoms with Crippen LogP contribution in [-0.4, -0.2) is 5.11 Å². The van der Waals surface area contributed by atoms with Crippen LogP contribution >= 0.6 is 11.3 Å². The van der Waals surface area contributed by atoms with Crippen LogP contribution in [0.4, 0.5) is 0 Å². The molecule has 1 aromatic rings. The molecular formula is C8H10OS. The highest BCUT2D eigenvalue weighted by molar-refractivity contribution is 7.10. The quantitative estimate of drug-likeness (QED) is 0.692. The molecule has 0 saturated heterocycles. The fourth-order valence-electron chi connectivity index (χ4n) is 1.10. The molecule has 0 bridgehead atoms. The van der Waals surface area contributed by atoms with Gasteiger partial charge in [-0.3, -0.25) is 0 Å². The molecule has 1 nitrogen and oxygen atoms in total. The van der Waals surface area contributed by atoms with Gasteiger partial charge in [0.05, 0.1) is 6.10 Å². The number of hydrogen-bond acceptors (Lipinski definition) is 2. The third-order valence-electron chi connectivity index (χ3n) is 1.90. The molecule has 0 unspecified atom stereocenters. The van der Waals surface area contributed by atoms with Gasteiger partial charge < -0.3 is 5.11 Å². The first-order valence-corrected chi connectivity index (χ1v) is 4.47. The number of thiophene rings is 1. The van der Waals surface area contributed by atoms with Crippen molar-refractivity contribution in [3.63, 3.8) is 0 Å². The molecule has 1 aliphatic carbocycles. The lowest BCUT2D eigenvalue weighted by Gasteiger charge is -2.03. The second-order valence-corrected chi connectivity index (χ2v) is 3.78. The largest absolute Gasteiger partial charge is 0.387 e. The molecule has 0 radical (unpaired) electrons. The van der Waals surface area contributed by atoms with Crippen molar-refractivity contribution in [2.75, 3.05) is 0 Å². The topological polar surface area (TPSA) is 20.2 Å².